The van der Waals surface area contributed by atoms with E-state index in [0.29, 0.717) is 0 Å². The first-order valence-electron chi connectivity index (χ1n) is 2.96. The number of halogens is 1. The molecule has 1 radical (unpaired) electrons. The van der Waals surface area contributed by atoms with Crippen molar-refractivity contribution in [3.05, 3.63) is 35.8 Å². The van der Waals surface area contributed by atoms with Crippen molar-refractivity contribution in [2.75, 3.05) is 14.2 Å². The molecule has 0 saturated heterocycles. The minimum atomic E-state index is 0. The maximum Gasteiger partial charge on any atom is 0.161 e. The largest absolute Gasteiger partial charge is 1.00 e. The van der Waals surface area contributed by atoms with E-state index in [1.54, 1.807) is 26.4 Å². The zero-order valence-corrected chi connectivity index (χ0v) is 10.9. The van der Waals surface area contributed by atoms with Gasteiger partial charge in [0.25, 0.3) is 0 Å². The van der Waals surface area contributed by atoms with Gasteiger partial charge in [0.1, 0.15) is 6.10 Å². The number of rotatable bonds is 2. The maximum absolute atomic E-state index is 4.93. The molecule has 4 heteroatoms. The smallest absolute Gasteiger partial charge is 0.161 e. The van der Waals surface area contributed by atoms with Crippen molar-refractivity contribution in [1.29, 1.82) is 0 Å². The zero-order valence-electron chi connectivity index (χ0n) is 7.13. The van der Waals surface area contributed by atoms with Crippen molar-refractivity contribution in [3.8, 4) is 0 Å². The first-order chi connectivity index (χ1) is 4.86. The van der Waals surface area contributed by atoms with Crippen molar-refractivity contribution in [1.82, 2.24) is 0 Å². The third-order valence-corrected chi connectivity index (χ3v) is 1.21. The fraction of sp³-hybridized carbons (Fsp3) is 0.250. The van der Waals surface area contributed by atoms with Crippen LogP contribution in [0, 0.1) is 6.10 Å². The summed E-state index contributed by atoms with van der Waals surface area (Å²) in [4.78, 5) is 0. The topological polar surface area (TPSA) is 18.5 Å². The zero-order chi connectivity index (χ0) is 7.40. The summed E-state index contributed by atoms with van der Waals surface area (Å²) in [6.45, 7) is 0. The van der Waals surface area contributed by atoms with E-state index in [9.17, 15) is 0 Å². The summed E-state index contributed by atoms with van der Waals surface area (Å²) in [5, 5.41) is 0. The van der Waals surface area contributed by atoms with Crippen LogP contribution in [0.2, 0.25) is 0 Å². The normalized spacial score (nSPS) is 14.3. The summed E-state index contributed by atoms with van der Waals surface area (Å²) in [5.41, 5.74) is 2.89. The second-order valence-electron chi connectivity index (χ2n) is 1.80. The van der Waals surface area contributed by atoms with Gasteiger partial charge in [-0.15, -0.1) is 0 Å². The van der Waals surface area contributed by atoms with Gasteiger partial charge in [0, 0.05) is 32.7 Å². The number of methoxy groups -OCH3 is 2. The molecule has 0 aromatic rings. The molecule has 0 bridgehead atoms. The van der Waals surface area contributed by atoms with E-state index in [1.165, 1.54) is 0 Å². The average Bonchev–Trinajstić information content (AvgIpc) is 2.05. The van der Waals surface area contributed by atoms with E-state index in [4.69, 9.17) is 9.47 Å². The molecule has 12 heavy (non-hydrogen) atoms. The molecule has 0 N–H and O–H groups in total. The van der Waals surface area contributed by atoms with Crippen LogP contribution in [0.25, 0.3) is 0 Å². The molecule has 0 aromatic carbocycles. The van der Waals surface area contributed by atoms with Gasteiger partial charge >= 0.3 is 0 Å². The van der Waals surface area contributed by atoms with Crippen molar-refractivity contribution in [2.45, 2.75) is 0 Å². The first kappa shape index (κ1) is 14.5. The molecule has 63 valence electrons. The van der Waals surface area contributed by atoms with Crippen LogP contribution >= 0.6 is 0 Å². The fourth-order valence-corrected chi connectivity index (χ4v) is 0.650. The molecular weight excluding hydrogens is 229 g/mol. The Balaban J connectivity index is 0. The van der Waals surface area contributed by atoms with E-state index in [1.807, 2.05) is 6.08 Å². The van der Waals surface area contributed by atoms with Gasteiger partial charge in [-0.2, -0.15) is 0 Å². The molecule has 0 saturated carbocycles. The molecule has 0 fully saturated rings. The number of hydrogen-bond donors (Lipinski definition) is 0. The van der Waals surface area contributed by atoms with Crippen molar-refractivity contribution in [3.63, 3.8) is 0 Å². The van der Waals surface area contributed by atoms with E-state index < -0.39 is 0 Å². The third kappa shape index (κ3) is 4.08. The molecule has 1 aliphatic rings. The Morgan fingerprint density at radius 2 is 1.83 bits per heavy atom. The van der Waals surface area contributed by atoms with Crippen LogP contribution in [-0.4, -0.2) is 14.2 Å². The van der Waals surface area contributed by atoms with Crippen LogP contribution < -0.4 is 12.4 Å². The van der Waals surface area contributed by atoms with Crippen molar-refractivity contribution >= 4 is 0 Å². The van der Waals surface area contributed by atoms with Crippen LogP contribution in [-0.2, 0) is 29.0 Å². The van der Waals surface area contributed by atoms with Crippen molar-refractivity contribution in [2.24, 2.45) is 0 Å². The predicted octanol–water partition coefficient (Wildman–Crippen LogP) is -1.58. The van der Waals surface area contributed by atoms with Gasteiger partial charge in [0.2, 0.25) is 0 Å². The Labute approximate surface area is 91.5 Å². The molecular formula is C8H9ClO2Zn-. The minimum absolute atomic E-state index is 0. The van der Waals surface area contributed by atoms with E-state index in [2.05, 4.69) is 5.73 Å². The van der Waals surface area contributed by atoms with E-state index in [0.717, 1.165) is 11.9 Å². The Bertz CT molecular complexity index is 207. The van der Waals surface area contributed by atoms with E-state index >= 15 is 0 Å². The van der Waals surface area contributed by atoms with Gasteiger partial charge in [0.05, 0.1) is 7.11 Å². The predicted molar refractivity (Wildman–Crippen MR) is 38.0 cm³/mol. The molecule has 0 heterocycles. The summed E-state index contributed by atoms with van der Waals surface area (Å²) < 4.78 is 9.83. The quantitative estimate of drug-likeness (QED) is 0.427. The molecule has 0 unspecified atom stereocenters. The number of hydrogen-bond acceptors (Lipinski definition) is 2. The van der Waals surface area contributed by atoms with Gasteiger partial charge in [-0.1, -0.05) is 5.73 Å². The minimum Gasteiger partial charge on any atom is -1.00 e. The standard InChI is InChI=1S/C8H9O2.ClH.Zn/c1-9-7-3-5-8(10-2)6-4-7;;/h3-5H,1-2H3;1H;/p-1. The van der Waals surface area contributed by atoms with Crippen molar-refractivity contribution < 1.29 is 41.4 Å². The summed E-state index contributed by atoms with van der Waals surface area (Å²) >= 11 is 0. The molecule has 0 aromatic heterocycles. The Kier molecular flexibility index (Phi) is 9.13. The van der Waals surface area contributed by atoms with Crippen LogP contribution in [0.15, 0.2) is 29.7 Å². The summed E-state index contributed by atoms with van der Waals surface area (Å²) in [6.07, 6.45) is 6.16. The van der Waals surface area contributed by atoms with E-state index in [-0.39, 0.29) is 31.9 Å². The van der Waals surface area contributed by atoms with Crippen LogP contribution in [0.1, 0.15) is 0 Å². The third-order valence-electron chi connectivity index (χ3n) is 1.21. The second kappa shape index (κ2) is 7.58. The molecule has 2 nitrogen and oxygen atoms in total. The molecule has 1 rings (SSSR count). The summed E-state index contributed by atoms with van der Waals surface area (Å²) in [6, 6.07) is 0. The first-order valence-corrected chi connectivity index (χ1v) is 2.96. The molecule has 0 aliphatic heterocycles. The van der Waals surface area contributed by atoms with Crippen LogP contribution in [0.4, 0.5) is 0 Å². The van der Waals surface area contributed by atoms with Crippen LogP contribution in [0.5, 0.6) is 0 Å². The average molecular weight is 238 g/mol. The summed E-state index contributed by atoms with van der Waals surface area (Å²) in [7, 11) is 3.23. The Morgan fingerprint density at radius 3 is 2.17 bits per heavy atom. The van der Waals surface area contributed by atoms with Gasteiger partial charge < -0.3 is 21.9 Å². The van der Waals surface area contributed by atoms with Gasteiger partial charge in [-0.3, -0.25) is 0 Å². The van der Waals surface area contributed by atoms with Gasteiger partial charge in [-0.05, 0) is 12.2 Å². The number of ether oxygens (including phenoxy) is 2. The molecule has 0 amide bonds. The Hall–Kier alpha value is -0.0666. The monoisotopic (exact) mass is 236 g/mol. The fourth-order valence-electron chi connectivity index (χ4n) is 0.650. The maximum atomic E-state index is 4.93. The molecule has 0 atom stereocenters. The molecule has 0 spiro atoms. The SMILES string of the molecule is CO[C]1C=C=C(OC)C=C1.[Cl-].[Zn]. The molecule has 1 aliphatic carbocycles. The van der Waals surface area contributed by atoms with Gasteiger partial charge in [0.15, 0.2) is 5.76 Å². The van der Waals surface area contributed by atoms with Crippen LogP contribution in [0.3, 0.4) is 0 Å². The second-order valence-corrected chi connectivity index (χ2v) is 1.80. The summed E-state index contributed by atoms with van der Waals surface area (Å²) in [5.74, 6) is 0.723. The Morgan fingerprint density at radius 1 is 1.17 bits per heavy atom. The van der Waals surface area contributed by atoms with Gasteiger partial charge in [-0.25, -0.2) is 0 Å².